The van der Waals surface area contributed by atoms with Crippen molar-refractivity contribution in [2.75, 3.05) is 27.3 Å². The van der Waals surface area contributed by atoms with Crippen molar-refractivity contribution < 1.29 is 19.1 Å². The second-order valence-corrected chi connectivity index (χ2v) is 9.68. The molecule has 2 aromatic rings. The van der Waals surface area contributed by atoms with Crippen molar-refractivity contribution in [2.45, 2.75) is 37.4 Å². The number of nitrogens with zero attached hydrogens (tertiary/aromatic N) is 2. The maximum Gasteiger partial charge on any atom is 0.255 e. The number of carbonyl (C=O) groups excluding carboxylic acids is 2. The van der Waals surface area contributed by atoms with Crippen molar-refractivity contribution in [1.29, 1.82) is 0 Å². The molecule has 1 aliphatic heterocycles. The average molecular weight is 477 g/mol. The number of thioether (sulfide) groups is 1. The highest BCUT2D eigenvalue weighted by molar-refractivity contribution is 8.01. The molecule has 2 amide bonds. The van der Waals surface area contributed by atoms with Gasteiger partial charge in [0.25, 0.3) is 5.91 Å². The zero-order valence-corrected chi connectivity index (χ0v) is 20.6. The van der Waals surface area contributed by atoms with Crippen molar-refractivity contribution in [2.24, 2.45) is 0 Å². The van der Waals surface area contributed by atoms with Gasteiger partial charge in [0.05, 0.1) is 30.1 Å². The summed E-state index contributed by atoms with van der Waals surface area (Å²) in [6.45, 7) is 6.61. The maximum atomic E-state index is 13.2. The molecular weight excluding hydrogens is 448 g/mol. The topological polar surface area (TPSA) is 59.1 Å². The van der Waals surface area contributed by atoms with Crippen molar-refractivity contribution in [3.63, 3.8) is 0 Å². The number of benzene rings is 2. The smallest absolute Gasteiger partial charge is 0.255 e. The van der Waals surface area contributed by atoms with Crippen LogP contribution in [0.4, 0.5) is 0 Å². The van der Waals surface area contributed by atoms with Gasteiger partial charge >= 0.3 is 0 Å². The van der Waals surface area contributed by atoms with E-state index in [1.54, 1.807) is 55.1 Å². The first-order valence-electron chi connectivity index (χ1n) is 10.5. The molecule has 8 heteroatoms. The Bertz CT molecular complexity index is 984. The van der Waals surface area contributed by atoms with Gasteiger partial charge in [0, 0.05) is 24.7 Å². The normalized spacial score (nSPS) is 18.2. The summed E-state index contributed by atoms with van der Waals surface area (Å²) in [4.78, 5) is 29.8. The summed E-state index contributed by atoms with van der Waals surface area (Å²) in [7, 11) is 3.23. The molecule has 2 aromatic carbocycles. The van der Waals surface area contributed by atoms with E-state index in [9.17, 15) is 9.59 Å². The number of hydrogen-bond donors (Lipinski definition) is 0. The van der Waals surface area contributed by atoms with Crippen LogP contribution in [0, 0.1) is 0 Å². The third-order valence-electron chi connectivity index (χ3n) is 5.52. The van der Waals surface area contributed by atoms with Gasteiger partial charge in [-0.25, -0.2) is 0 Å². The standard InChI is InChI=1S/C24H29ClN2O4S/c1-15(2)26(23(29)18-8-6-7-9-20(18)25)12-13-27-22(28)16(3)32-24(27)19-14-17(30-4)10-11-21(19)31-5/h6-11,14-16,24H,12-13H2,1-5H3/t16-,24-/m1/s1. The summed E-state index contributed by atoms with van der Waals surface area (Å²) in [5.41, 5.74) is 1.34. The van der Waals surface area contributed by atoms with E-state index in [4.69, 9.17) is 21.1 Å². The average Bonchev–Trinajstić information content (AvgIpc) is 3.07. The van der Waals surface area contributed by atoms with E-state index in [2.05, 4.69) is 0 Å². The highest BCUT2D eigenvalue weighted by Crippen LogP contribution is 2.46. The van der Waals surface area contributed by atoms with Gasteiger partial charge < -0.3 is 19.3 Å². The summed E-state index contributed by atoms with van der Waals surface area (Å²) in [5.74, 6) is 1.29. The van der Waals surface area contributed by atoms with Crippen molar-refractivity contribution in [3.8, 4) is 11.5 Å². The minimum absolute atomic E-state index is 0.0405. The molecule has 6 nitrogen and oxygen atoms in total. The first kappa shape index (κ1) is 24.3. The molecule has 172 valence electrons. The number of halogens is 1. The lowest BCUT2D eigenvalue weighted by molar-refractivity contribution is -0.130. The molecule has 2 atom stereocenters. The number of amides is 2. The molecule has 32 heavy (non-hydrogen) atoms. The Labute approximate surface area is 198 Å². The van der Waals surface area contributed by atoms with Crippen LogP contribution in [0.2, 0.25) is 5.02 Å². The summed E-state index contributed by atoms with van der Waals surface area (Å²) in [5, 5.41) is -0.00164. The molecule has 0 saturated carbocycles. The van der Waals surface area contributed by atoms with Crippen LogP contribution in [0.25, 0.3) is 0 Å². The molecule has 1 fully saturated rings. The number of hydrogen-bond acceptors (Lipinski definition) is 5. The zero-order chi connectivity index (χ0) is 23.4. The van der Waals surface area contributed by atoms with Gasteiger partial charge in [-0.15, -0.1) is 11.8 Å². The molecule has 0 radical (unpaired) electrons. The predicted molar refractivity (Wildman–Crippen MR) is 129 cm³/mol. The Morgan fingerprint density at radius 3 is 2.53 bits per heavy atom. The third-order valence-corrected chi connectivity index (χ3v) is 7.23. The summed E-state index contributed by atoms with van der Waals surface area (Å²) in [6, 6.07) is 12.6. The van der Waals surface area contributed by atoms with E-state index in [1.165, 1.54) is 0 Å². The molecular formula is C24H29ClN2O4S. The minimum Gasteiger partial charge on any atom is -0.497 e. The maximum absolute atomic E-state index is 13.2. The van der Waals surface area contributed by atoms with Gasteiger partial charge in [0.15, 0.2) is 0 Å². The summed E-state index contributed by atoms with van der Waals surface area (Å²) < 4.78 is 11.0. The fourth-order valence-electron chi connectivity index (χ4n) is 3.77. The van der Waals surface area contributed by atoms with Crippen LogP contribution < -0.4 is 9.47 Å². The zero-order valence-electron chi connectivity index (χ0n) is 19.0. The molecule has 0 bridgehead atoms. The molecule has 1 aliphatic rings. The van der Waals surface area contributed by atoms with Crippen molar-refractivity contribution >= 4 is 35.2 Å². The van der Waals surface area contributed by atoms with Gasteiger partial charge in [-0.3, -0.25) is 9.59 Å². The van der Waals surface area contributed by atoms with E-state index >= 15 is 0 Å². The van der Waals surface area contributed by atoms with Crippen molar-refractivity contribution in [3.05, 3.63) is 58.6 Å². The van der Waals surface area contributed by atoms with E-state index in [1.807, 2.05) is 43.9 Å². The molecule has 0 aromatic heterocycles. The lowest BCUT2D eigenvalue weighted by Gasteiger charge is -2.31. The van der Waals surface area contributed by atoms with Gasteiger partial charge in [-0.1, -0.05) is 23.7 Å². The van der Waals surface area contributed by atoms with Crippen LogP contribution in [-0.2, 0) is 4.79 Å². The predicted octanol–water partition coefficient (Wildman–Crippen LogP) is 4.87. The first-order chi connectivity index (χ1) is 15.3. The summed E-state index contributed by atoms with van der Waals surface area (Å²) in [6.07, 6.45) is 0. The van der Waals surface area contributed by atoms with Gasteiger partial charge in [-0.05, 0) is 51.1 Å². The summed E-state index contributed by atoms with van der Waals surface area (Å²) >= 11 is 7.83. The Kier molecular flexibility index (Phi) is 7.96. The Morgan fingerprint density at radius 2 is 1.91 bits per heavy atom. The molecule has 0 N–H and O–H groups in total. The minimum atomic E-state index is -0.230. The van der Waals surface area contributed by atoms with Gasteiger partial charge in [0.1, 0.15) is 16.9 Å². The Balaban J connectivity index is 1.86. The van der Waals surface area contributed by atoms with Crippen LogP contribution in [0.5, 0.6) is 11.5 Å². The van der Waals surface area contributed by atoms with Crippen LogP contribution in [0.1, 0.15) is 42.1 Å². The van der Waals surface area contributed by atoms with E-state index in [0.717, 1.165) is 5.56 Å². The lowest BCUT2D eigenvalue weighted by atomic mass is 10.1. The van der Waals surface area contributed by atoms with Gasteiger partial charge in [0.2, 0.25) is 5.91 Å². The molecule has 1 saturated heterocycles. The molecule has 0 spiro atoms. The highest BCUT2D eigenvalue weighted by Gasteiger charge is 2.40. The number of carbonyl (C=O) groups is 2. The SMILES string of the molecule is COc1ccc(OC)c([C@H]2S[C@H](C)C(=O)N2CCN(C(=O)c2ccccc2Cl)C(C)C)c1. The second-order valence-electron chi connectivity index (χ2n) is 7.84. The van der Waals surface area contributed by atoms with E-state index in [0.29, 0.717) is 35.2 Å². The number of methoxy groups -OCH3 is 2. The van der Waals surface area contributed by atoms with Crippen LogP contribution in [0.3, 0.4) is 0 Å². The monoisotopic (exact) mass is 476 g/mol. The largest absolute Gasteiger partial charge is 0.497 e. The fraction of sp³-hybridized carbons (Fsp3) is 0.417. The number of rotatable bonds is 8. The van der Waals surface area contributed by atoms with Crippen LogP contribution in [-0.4, -0.2) is 60.2 Å². The van der Waals surface area contributed by atoms with E-state index < -0.39 is 0 Å². The third kappa shape index (κ3) is 4.99. The Hall–Kier alpha value is -2.38. The van der Waals surface area contributed by atoms with Crippen molar-refractivity contribution in [1.82, 2.24) is 9.80 Å². The quantitative estimate of drug-likeness (QED) is 0.544. The van der Waals surface area contributed by atoms with E-state index in [-0.39, 0.29) is 28.5 Å². The second kappa shape index (κ2) is 10.5. The highest BCUT2D eigenvalue weighted by atomic mass is 35.5. The Morgan fingerprint density at radius 1 is 1.19 bits per heavy atom. The fourth-order valence-corrected chi connectivity index (χ4v) is 5.32. The molecule has 3 rings (SSSR count). The molecule has 1 heterocycles. The van der Waals surface area contributed by atoms with Gasteiger partial charge in [-0.2, -0.15) is 0 Å². The lowest BCUT2D eigenvalue weighted by Crippen LogP contribution is -2.44. The first-order valence-corrected chi connectivity index (χ1v) is 11.8. The van der Waals surface area contributed by atoms with Crippen LogP contribution >= 0.6 is 23.4 Å². The number of ether oxygens (including phenoxy) is 2. The molecule has 0 unspecified atom stereocenters. The molecule has 0 aliphatic carbocycles. The van der Waals surface area contributed by atoms with Crippen LogP contribution in [0.15, 0.2) is 42.5 Å².